The van der Waals surface area contributed by atoms with Crippen molar-refractivity contribution in [3.05, 3.63) is 0 Å². The minimum Gasteiger partial charge on any atom is -0.481 e. The summed E-state index contributed by atoms with van der Waals surface area (Å²) >= 11 is 0. The molecule has 0 bridgehead atoms. The van der Waals surface area contributed by atoms with Gasteiger partial charge in [0.25, 0.3) is 0 Å². The normalized spacial score (nSPS) is 13.2. The highest BCUT2D eigenvalue weighted by atomic mass is 16.4. The van der Waals surface area contributed by atoms with Crippen LogP contribution in [-0.4, -0.2) is 102 Å². The Morgan fingerprint density at radius 3 is 1.82 bits per heavy atom. The molecule has 0 saturated heterocycles. The van der Waals surface area contributed by atoms with Crippen LogP contribution in [0.15, 0.2) is 0 Å². The molecule has 5 amide bonds. The molecule has 0 fully saturated rings. The van der Waals surface area contributed by atoms with Gasteiger partial charge in [0.15, 0.2) is 0 Å². The summed E-state index contributed by atoms with van der Waals surface area (Å²) in [5, 5.41) is 16.9. The van der Waals surface area contributed by atoms with Crippen LogP contribution >= 0.6 is 0 Å². The molecule has 0 aliphatic rings. The van der Waals surface area contributed by atoms with Crippen molar-refractivity contribution in [2.75, 3.05) is 39.3 Å². The molecule has 0 aromatic heterocycles. The molecule has 230 valence electrons. The van der Waals surface area contributed by atoms with Crippen LogP contribution in [0.4, 0.5) is 0 Å². The topological polar surface area (TPSA) is 191 Å². The third kappa shape index (κ3) is 14.2. The van der Waals surface area contributed by atoms with E-state index in [2.05, 4.69) is 16.0 Å². The van der Waals surface area contributed by atoms with Crippen LogP contribution in [-0.2, 0) is 28.8 Å². The highest BCUT2D eigenvalue weighted by Crippen LogP contribution is 2.09. The van der Waals surface area contributed by atoms with Crippen molar-refractivity contribution in [1.29, 1.82) is 0 Å². The number of nitrogens with two attached hydrogens (primary N) is 1. The van der Waals surface area contributed by atoms with Crippen LogP contribution in [0, 0.1) is 17.8 Å². The summed E-state index contributed by atoms with van der Waals surface area (Å²) in [5.41, 5.74) is 5.67. The lowest BCUT2D eigenvalue weighted by atomic mass is 10.0. The van der Waals surface area contributed by atoms with E-state index in [9.17, 15) is 33.9 Å². The number of carboxylic acids is 1. The van der Waals surface area contributed by atoms with Crippen molar-refractivity contribution in [1.82, 2.24) is 25.8 Å². The fourth-order valence-corrected chi connectivity index (χ4v) is 3.95. The van der Waals surface area contributed by atoms with Gasteiger partial charge in [-0.1, -0.05) is 41.5 Å². The van der Waals surface area contributed by atoms with E-state index in [0.29, 0.717) is 19.4 Å². The van der Waals surface area contributed by atoms with Crippen molar-refractivity contribution in [2.45, 2.75) is 79.8 Å². The largest absolute Gasteiger partial charge is 0.481 e. The predicted octanol–water partition coefficient (Wildman–Crippen LogP) is -0.0691. The summed E-state index contributed by atoms with van der Waals surface area (Å²) in [5.74, 6) is -3.75. The van der Waals surface area contributed by atoms with Crippen molar-refractivity contribution in [3.8, 4) is 0 Å². The summed E-state index contributed by atoms with van der Waals surface area (Å²) in [6.07, 6.45) is 0.255. The summed E-state index contributed by atoms with van der Waals surface area (Å²) in [4.78, 5) is 77.4. The quantitative estimate of drug-likeness (QED) is 0.142. The summed E-state index contributed by atoms with van der Waals surface area (Å²) < 4.78 is 0. The van der Waals surface area contributed by atoms with Crippen LogP contribution in [0.5, 0.6) is 0 Å². The molecule has 0 aliphatic carbocycles. The van der Waals surface area contributed by atoms with E-state index in [0.717, 1.165) is 0 Å². The van der Waals surface area contributed by atoms with E-state index in [-0.39, 0.29) is 62.3 Å². The molecule has 0 radical (unpaired) electrons. The zero-order valence-electron chi connectivity index (χ0n) is 25.1. The second-order valence-electron chi connectivity index (χ2n) is 10.7. The number of aliphatic carboxylic acids is 1. The van der Waals surface area contributed by atoms with Crippen LogP contribution in [0.3, 0.4) is 0 Å². The minimum atomic E-state index is -1.38. The molecule has 40 heavy (non-hydrogen) atoms. The number of rotatable bonds is 19. The molecule has 13 nitrogen and oxygen atoms in total. The molecule has 0 heterocycles. The smallest absolute Gasteiger partial charge is 0.305 e. The number of hydrogen-bond acceptors (Lipinski definition) is 7. The molecular formula is C27H50N6O7. The molecule has 0 aromatic rings. The minimum absolute atomic E-state index is 0.00311. The monoisotopic (exact) mass is 570 g/mol. The zero-order chi connectivity index (χ0) is 31.0. The van der Waals surface area contributed by atoms with Gasteiger partial charge in [0.2, 0.25) is 29.5 Å². The summed E-state index contributed by atoms with van der Waals surface area (Å²) in [6.45, 7) is 13.5. The highest BCUT2D eigenvalue weighted by Gasteiger charge is 2.29. The van der Waals surface area contributed by atoms with Gasteiger partial charge < -0.3 is 36.6 Å². The number of carbonyl (C=O) groups is 6. The Bertz CT molecular complexity index is 864. The van der Waals surface area contributed by atoms with Gasteiger partial charge in [-0.3, -0.25) is 28.8 Å². The van der Waals surface area contributed by atoms with Gasteiger partial charge in [-0.05, 0) is 18.8 Å². The SMILES string of the molecule is CCC(C)C(=O)N(CCNC(=O)[C@H](CC(=O)O)NC(=O)[C@H](CC(C)C)NC(C)=O)CCN(CCN)C(=O)C(C)C. The van der Waals surface area contributed by atoms with Crippen LogP contribution in [0.2, 0.25) is 0 Å². The Balaban J connectivity index is 5.48. The van der Waals surface area contributed by atoms with E-state index in [1.165, 1.54) is 6.92 Å². The maximum atomic E-state index is 13.0. The second-order valence-corrected chi connectivity index (χ2v) is 10.7. The molecule has 0 saturated carbocycles. The first-order chi connectivity index (χ1) is 18.6. The van der Waals surface area contributed by atoms with Crippen LogP contribution < -0.4 is 21.7 Å². The Morgan fingerprint density at radius 2 is 1.38 bits per heavy atom. The Morgan fingerprint density at radius 1 is 0.800 bits per heavy atom. The van der Waals surface area contributed by atoms with E-state index in [1.807, 2.05) is 20.8 Å². The third-order valence-electron chi connectivity index (χ3n) is 6.28. The molecule has 1 unspecified atom stereocenters. The summed E-state index contributed by atoms with van der Waals surface area (Å²) in [7, 11) is 0. The summed E-state index contributed by atoms with van der Waals surface area (Å²) in [6, 6.07) is -2.30. The van der Waals surface area contributed by atoms with Crippen molar-refractivity contribution in [3.63, 3.8) is 0 Å². The van der Waals surface area contributed by atoms with Gasteiger partial charge >= 0.3 is 5.97 Å². The lowest BCUT2D eigenvalue weighted by Gasteiger charge is -2.30. The van der Waals surface area contributed by atoms with E-state index in [1.54, 1.807) is 30.6 Å². The van der Waals surface area contributed by atoms with Gasteiger partial charge in [-0.15, -0.1) is 0 Å². The number of carboxylic acid groups (broad SMARTS) is 1. The second kappa shape index (κ2) is 19.0. The van der Waals surface area contributed by atoms with Gasteiger partial charge in [-0.2, -0.15) is 0 Å². The van der Waals surface area contributed by atoms with Gasteiger partial charge in [0.05, 0.1) is 6.42 Å². The number of nitrogens with one attached hydrogen (secondary N) is 3. The third-order valence-corrected chi connectivity index (χ3v) is 6.28. The molecule has 0 aliphatic heterocycles. The molecule has 0 aromatic carbocycles. The number of hydrogen-bond donors (Lipinski definition) is 5. The van der Waals surface area contributed by atoms with Gasteiger partial charge in [0.1, 0.15) is 12.1 Å². The predicted molar refractivity (Wildman–Crippen MR) is 151 cm³/mol. The number of carbonyl (C=O) groups excluding carboxylic acids is 5. The molecule has 6 N–H and O–H groups in total. The van der Waals surface area contributed by atoms with Crippen LogP contribution in [0.25, 0.3) is 0 Å². The maximum Gasteiger partial charge on any atom is 0.305 e. The Labute approximate surface area is 238 Å². The first-order valence-corrected chi connectivity index (χ1v) is 14.0. The van der Waals surface area contributed by atoms with Crippen molar-refractivity contribution in [2.24, 2.45) is 23.5 Å². The van der Waals surface area contributed by atoms with Gasteiger partial charge in [-0.25, -0.2) is 0 Å². The fraction of sp³-hybridized carbons (Fsp3) is 0.778. The number of amides is 5. The Kier molecular flexibility index (Phi) is 17.4. The van der Waals surface area contributed by atoms with E-state index in [4.69, 9.17) is 5.73 Å². The average Bonchev–Trinajstić information content (AvgIpc) is 2.86. The first-order valence-electron chi connectivity index (χ1n) is 14.0. The van der Waals surface area contributed by atoms with E-state index < -0.39 is 42.2 Å². The molecule has 13 heteroatoms. The van der Waals surface area contributed by atoms with Crippen LogP contribution in [0.1, 0.15) is 67.7 Å². The molecule has 0 spiro atoms. The van der Waals surface area contributed by atoms with Crippen molar-refractivity contribution < 1.29 is 33.9 Å². The average molecular weight is 571 g/mol. The van der Waals surface area contributed by atoms with Crippen molar-refractivity contribution >= 4 is 35.5 Å². The first kappa shape index (κ1) is 36.8. The lowest BCUT2D eigenvalue weighted by molar-refractivity contribution is -0.141. The van der Waals surface area contributed by atoms with Gasteiger partial charge in [0, 0.05) is 58.0 Å². The fourth-order valence-electron chi connectivity index (χ4n) is 3.95. The standard InChI is InChI=1S/C27H50N6O7/c1-8-19(6)27(40)33(14-13-32(11-9-28)26(39)18(4)5)12-10-29-24(37)22(16-23(35)36)31-25(38)21(15-17(2)3)30-20(7)34/h17-19,21-22H,8-16,28H2,1-7H3,(H,29,37)(H,30,34)(H,31,38)(H,35,36)/t19?,21-,22-/m0/s1. The van der Waals surface area contributed by atoms with E-state index >= 15 is 0 Å². The number of nitrogens with zero attached hydrogens (tertiary/aromatic N) is 2. The highest BCUT2D eigenvalue weighted by molar-refractivity contribution is 5.93. The molecular weight excluding hydrogens is 520 g/mol. The molecule has 3 atom stereocenters. The zero-order valence-corrected chi connectivity index (χ0v) is 25.1. The lowest BCUT2D eigenvalue weighted by Crippen LogP contribution is -2.55. The Hall–Kier alpha value is -3.22. The molecule has 0 rings (SSSR count). The maximum absolute atomic E-state index is 13.0.